The van der Waals surface area contributed by atoms with Gasteiger partial charge in [-0.25, -0.2) is 4.57 Å². The Labute approximate surface area is 327 Å². The lowest BCUT2D eigenvalue weighted by atomic mass is 10.1. The number of allylic oxidation sites excluding steroid dienone is 10. The van der Waals surface area contributed by atoms with Crippen molar-refractivity contribution in [1.82, 2.24) is 0 Å². The topological polar surface area (TPSA) is 155 Å². The lowest BCUT2D eigenvalue weighted by Crippen LogP contribution is -2.29. The molecule has 54 heavy (non-hydrogen) atoms. The van der Waals surface area contributed by atoms with Gasteiger partial charge in [0.05, 0.1) is 19.3 Å². The van der Waals surface area contributed by atoms with Gasteiger partial charge in [-0.15, -0.1) is 0 Å². The number of nitrogens with two attached hydrogens (primary N) is 1. The second-order valence-corrected chi connectivity index (χ2v) is 14.8. The number of aliphatic hydroxyl groups is 1. The standard InChI is InChI=1S/C43H74NO9P/c1-3-5-7-8-9-10-11-12-13-14-15-16-17-20-23-26-30-34-42(46)50-38-41(39-52-54(48,49)51-37-36-44)53-43(47)35-31-27-24-21-18-19-22-25-29-33-40(45)32-28-6-4-2/h6,12-13,15-16,20,22-23,25,28-29,33,40-41,45H,3-5,7-11,14,17-19,21,24,26-27,30-32,34-39,44H2,1-2H3,(H,48,49)/b13-12-,16-15-,23-20-,25-22+,28-6+,33-29+/t40?,41-/m1/s1. The van der Waals surface area contributed by atoms with Gasteiger partial charge in [0.15, 0.2) is 6.10 Å². The minimum atomic E-state index is -4.41. The number of rotatable bonds is 37. The summed E-state index contributed by atoms with van der Waals surface area (Å²) in [4.78, 5) is 34.8. The monoisotopic (exact) mass is 780 g/mol. The molecule has 0 heterocycles. The molecular weight excluding hydrogens is 705 g/mol. The first-order valence-electron chi connectivity index (χ1n) is 20.5. The molecule has 0 bridgehead atoms. The summed E-state index contributed by atoms with van der Waals surface area (Å²) >= 11 is 0. The maximum Gasteiger partial charge on any atom is 0.472 e. The zero-order chi connectivity index (χ0) is 39.8. The van der Waals surface area contributed by atoms with Crippen molar-refractivity contribution in [3.8, 4) is 0 Å². The van der Waals surface area contributed by atoms with Gasteiger partial charge in [0.1, 0.15) is 6.61 Å². The van der Waals surface area contributed by atoms with Crippen molar-refractivity contribution >= 4 is 19.8 Å². The third-order valence-electron chi connectivity index (χ3n) is 8.16. The fourth-order valence-corrected chi connectivity index (χ4v) is 5.86. The van der Waals surface area contributed by atoms with Crippen molar-refractivity contribution in [2.75, 3.05) is 26.4 Å². The summed E-state index contributed by atoms with van der Waals surface area (Å²) in [6.45, 7) is 3.39. The van der Waals surface area contributed by atoms with Crippen molar-refractivity contribution in [2.45, 2.75) is 161 Å². The van der Waals surface area contributed by atoms with Gasteiger partial charge in [-0.05, 0) is 70.6 Å². The number of hydrogen-bond donors (Lipinski definition) is 3. The summed E-state index contributed by atoms with van der Waals surface area (Å²) in [5.41, 5.74) is 5.33. The van der Waals surface area contributed by atoms with Gasteiger partial charge >= 0.3 is 19.8 Å². The van der Waals surface area contributed by atoms with Crippen LogP contribution in [0.25, 0.3) is 0 Å². The van der Waals surface area contributed by atoms with Crippen molar-refractivity contribution in [1.29, 1.82) is 0 Å². The van der Waals surface area contributed by atoms with Crippen LogP contribution < -0.4 is 5.73 Å². The first kappa shape index (κ1) is 51.4. The molecule has 0 aliphatic rings. The van der Waals surface area contributed by atoms with Gasteiger partial charge in [0.2, 0.25) is 0 Å². The Balaban J connectivity index is 4.35. The van der Waals surface area contributed by atoms with Gasteiger partial charge in [0.25, 0.3) is 0 Å². The van der Waals surface area contributed by atoms with Crippen LogP contribution in [0.4, 0.5) is 0 Å². The molecule has 4 N–H and O–H groups in total. The highest BCUT2D eigenvalue weighted by molar-refractivity contribution is 7.47. The maximum absolute atomic E-state index is 12.5. The van der Waals surface area contributed by atoms with E-state index in [4.69, 9.17) is 24.3 Å². The van der Waals surface area contributed by atoms with Crippen LogP contribution in [0.5, 0.6) is 0 Å². The predicted octanol–water partition coefficient (Wildman–Crippen LogP) is 10.5. The largest absolute Gasteiger partial charge is 0.472 e. The summed E-state index contributed by atoms with van der Waals surface area (Å²) in [6.07, 6.45) is 42.7. The molecule has 2 unspecified atom stereocenters. The number of aliphatic hydroxyl groups excluding tert-OH is 1. The molecule has 3 atom stereocenters. The van der Waals surface area contributed by atoms with Crippen molar-refractivity contribution < 1.29 is 42.7 Å². The first-order chi connectivity index (χ1) is 26.2. The molecule has 0 spiro atoms. The highest BCUT2D eigenvalue weighted by Gasteiger charge is 2.25. The van der Waals surface area contributed by atoms with Crippen LogP contribution >= 0.6 is 7.82 Å². The van der Waals surface area contributed by atoms with Crippen LogP contribution in [0.3, 0.4) is 0 Å². The summed E-state index contributed by atoms with van der Waals surface area (Å²) in [7, 11) is -4.41. The van der Waals surface area contributed by atoms with Gasteiger partial charge < -0.3 is 25.2 Å². The maximum atomic E-state index is 12.5. The zero-order valence-electron chi connectivity index (χ0n) is 33.5. The van der Waals surface area contributed by atoms with E-state index in [-0.39, 0.29) is 32.6 Å². The average Bonchev–Trinajstić information content (AvgIpc) is 3.15. The van der Waals surface area contributed by atoms with E-state index in [9.17, 15) is 24.2 Å². The summed E-state index contributed by atoms with van der Waals surface area (Å²) < 4.78 is 32.6. The molecule has 11 heteroatoms. The third kappa shape index (κ3) is 37.7. The van der Waals surface area contributed by atoms with Gasteiger partial charge in [-0.3, -0.25) is 18.6 Å². The van der Waals surface area contributed by atoms with Crippen LogP contribution in [-0.4, -0.2) is 60.5 Å². The second kappa shape index (κ2) is 38.7. The van der Waals surface area contributed by atoms with Crippen LogP contribution in [0.15, 0.2) is 72.9 Å². The number of hydrogen-bond acceptors (Lipinski definition) is 9. The molecule has 0 saturated carbocycles. The molecule has 0 saturated heterocycles. The van der Waals surface area contributed by atoms with E-state index < -0.39 is 38.6 Å². The molecule has 0 aliphatic carbocycles. The Hall–Kier alpha value is -2.59. The van der Waals surface area contributed by atoms with E-state index in [0.717, 1.165) is 64.2 Å². The summed E-state index contributed by atoms with van der Waals surface area (Å²) in [6, 6.07) is 0. The lowest BCUT2D eigenvalue weighted by molar-refractivity contribution is -0.161. The SMILES string of the molecule is CC/C=C/CC(O)/C=C/C=C/CCCCCCCC(=O)O[C@H](COC(=O)CCC/C=C\C/C=C\C/C=C\CCCCCCCC)COP(=O)(O)OCCN. The first-order valence-corrected chi connectivity index (χ1v) is 22.0. The van der Waals surface area contributed by atoms with Gasteiger partial charge in [-0.1, -0.05) is 138 Å². The second-order valence-electron chi connectivity index (χ2n) is 13.3. The molecule has 0 rings (SSSR count). The number of carbonyl (C=O) groups excluding carboxylic acids is 2. The van der Waals surface area contributed by atoms with Crippen molar-refractivity contribution in [3.05, 3.63) is 72.9 Å². The Bertz CT molecular complexity index is 1130. The molecule has 0 aromatic carbocycles. The Morgan fingerprint density at radius 2 is 1.26 bits per heavy atom. The van der Waals surface area contributed by atoms with E-state index in [1.54, 1.807) is 6.08 Å². The Morgan fingerprint density at radius 1 is 0.667 bits per heavy atom. The molecule has 0 aromatic rings. The number of unbranched alkanes of at least 4 members (excludes halogenated alkanes) is 12. The highest BCUT2D eigenvalue weighted by Crippen LogP contribution is 2.43. The highest BCUT2D eigenvalue weighted by atomic mass is 31.2. The number of phosphoric ester groups is 1. The van der Waals surface area contributed by atoms with Gasteiger partial charge in [0, 0.05) is 19.4 Å². The van der Waals surface area contributed by atoms with Crippen LogP contribution in [0.2, 0.25) is 0 Å². The molecule has 0 aromatic heterocycles. The summed E-state index contributed by atoms with van der Waals surface area (Å²) in [5, 5.41) is 9.86. The minimum Gasteiger partial charge on any atom is -0.462 e. The fourth-order valence-electron chi connectivity index (χ4n) is 5.10. The van der Waals surface area contributed by atoms with Crippen LogP contribution in [0.1, 0.15) is 149 Å². The summed E-state index contributed by atoms with van der Waals surface area (Å²) in [5.74, 6) is -0.951. The van der Waals surface area contributed by atoms with Gasteiger partial charge in [-0.2, -0.15) is 0 Å². The molecule has 0 radical (unpaired) electrons. The van der Waals surface area contributed by atoms with E-state index >= 15 is 0 Å². The molecule has 310 valence electrons. The lowest BCUT2D eigenvalue weighted by Gasteiger charge is -2.19. The Morgan fingerprint density at radius 3 is 1.93 bits per heavy atom. The zero-order valence-corrected chi connectivity index (χ0v) is 34.4. The number of esters is 2. The average molecular weight is 780 g/mol. The fraction of sp³-hybridized carbons (Fsp3) is 0.674. The number of phosphoric acid groups is 1. The number of ether oxygens (including phenoxy) is 2. The van der Waals surface area contributed by atoms with Crippen LogP contribution in [-0.2, 0) is 32.7 Å². The smallest absolute Gasteiger partial charge is 0.462 e. The van der Waals surface area contributed by atoms with E-state index in [2.05, 4.69) is 50.3 Å². The van der Waals surface area contributed by atoms with Crippen molar-refractivity contribution in [2.24, 2.45) is 5.73 Å². The molecule has 0 fully saturated rings. The normalized spacial score (nSPS) is 14.7. The van der Waals surface area contributed by atoms with Crippen molar-refractivity contribution in [3.63, 3.8) is 0 Å². The van der Waals surface area contributed by atoms with E-state index in [1.807, 2.05) is 30.4 Å². The number of carbonyl (C=O) groups is 2. The quantitative estimate of drug-likeness (QED) is 0.0182. The van der Waals surface area contributed by atoms with E-state index in [0.29, 0.717) is 19.3 Å². The Kier molecular flexibility index (Phi) is 36.8. The third-order valence-corrected chi connectivity index (χ3v) is 9.14. The predicted molar refractivity (Wildman–Crippen MR) is 221 cm³/mol. The minimum absolute atomic E-state index is 0.0311. The van der Waals surface area contributed by atoms with E-state index in [1.165, 1.54) is 38.5 Å². The molecular formula is C43H74NO9P. The molecule has 10 nitrogen and oxygen atoms in total. The molecule has 0 amide bonds. The molecule has 0 aliphatic heterocycles. The van der Waals surface area contributed by atoms with Crippen LogP contribution in [0, 0.1) is 0 Å².